The number of aliphatic hydroxyl groups excluding tert-OH is 1. The van der Waals surface area contributed by atoms with Gasteiger partial charge in [-0.1, -0.05) is 6.07 Å². The fourth-order valence-corrected chi connectivity index (χ4v) is 3.02. The van der Waals surface area contributed by atoms with Crippen LogP contribution >= 0.6 is 0 Å². The molecule has 0 spiro atoms. The van der Waals surface area contributed by atoms with Gasteiger partial charge in [0.2, 0.25) is 0 Å². The average Bonchev–Trinajstić information content (AvgIpc) is 2.46. The summed E-state index contributed by atoms with van der Waals surface area (Å²) >= 11 is 0. The minimum atomic E-state index is -0.533. The first-order valence-electron chi connectivity index (χ1n) is 7.31. The van der Waals surface area contributed by atoms with Crippen molar-refractivity contribution in [3.05, 3.63) is 23.8 Å². The van der Waals surface area contributed by atoms with Crippen molar-refractivity contribution >= 4 is 5.69 Å². The van der Waals surface area contributed by atoms with Crippen molar-refractivity contribution in [3.8, 4) is 5.75 Å². The normalized spacial score (nSPS) is 18.9. The molecule has 20 heavy (non-hydrogen) atoms. The van der Waals surface area contributed by atoms with Gasteiger partial charge in [0.25, 0.3) is 0 Å². The lowest BCUT2D eigenvalue weighted by Gasteiger charge is -2.37. The van der Waals surface area contributed by atoms with Gasteiger partial charge in [-0.05, 0) is 52.0 Å². The number of aliphatic hydroxyl groups is 1. The van der Waals surface area contributed by atoms with Gasteiger partial charge < -0.3 is 19.6 Å². The highest BCUT2D eigenvalue weighted by Gasteiger charge is 2.24. The first-order chi connectivity index (χ1) is 9.54. The molecule has 1 aromatic carbocycles. The Kier molecular flexibility index (Phi) is 4.89. The Morgan fingerprint density at radius 2 is 2.00 bits per heavy atom. The summed E-state index contributed by atoms with van der Waals surface area (Å²) in [5.74, 6) is 0.761. The van der Waals surface area contributed by atoms with E-state index in [-0.39, 0.29) is 0 Å². The summed E-state index contributed by atoms with van der Waals surface area (Å²) in [5, 5.41) is 10.1. The van der Waals surface area contributed by atoms with E-state index in [0.29, 0.717) is 6.04 Å². The van der Waals surface area contributed by atoms with Crippen LogP contribution in [-0.4, -0.2) is 50.3 Å². The van der Waals surface area contributed by atoms with E-state index in [1.807, 2.05) is 12.1 Å². The minimum absolute atomic E-state index is 0.524. The van der Waals surface area contributed by atoms with Crippen molar-refractivity contribution in [2.45, 2.75) is 31.9 Å². The van der Waals surface area contributed by atoms with Crippen molar-refractivity contribution in [3.63, 3.8) is 0 Å². The van der Waals surface area contributed by atoms with Gasteiger partial charge in [-0.15, -0.1) is 0 Å². The van der Waals surface area contributed by atoms with Gasteiger partial charge in [0.05, 0.1) is 13.2 Å². The number of likely N-dealkylation sites (tertiary alicyclic amines) is 1. The quantitative estimate of drug-likeness (QED) is 0.916. The predicted molar refractivity (Wildman–Crippen MR) is 82.5 cm³/mol. The van der Waals surface area contributed by atoms with Crippen LogP contribution < -0.4 is 9.64 Å². The van der Waals surface area contributed by atoms with Crippen LogP contribution in [0.4, 0.5) is 5.69 Å². The van der Waals surface area contributed by atoms with Gasteiger partial charge in [0.15, 0.2) is 0 Å². The Labute approximate surface area is 122 Å². The predicted octanol–water partition coefficient (Wildman–Crippen LogP) is 2.28. The highest BCUT2D eigenvalue weighted by molar-refractivity contribution is 5.60. The van der Waals surface area contributed by atoms with E-state index >= 15 is 0 Å². The fourth-order valence-electron chi connectivity index (χ4n) is 3.02. The molecule has 1 aliphatic heterocycles. The van der Waals surface area contributed by atoms with Crippen LogP contribution in [0, 0.1) is 0 Å². The third-order valence-corrected chi connectivity index (χ3v) is 4.30. The number of ether oxygens (including phenoxy) is 1. The molecule has 0 amide bonds. The molecule has 1 N–H and O–H groups in total. The number of benzene rings is 1. The SMILES string of the molecule is COc1cccc(N(C)C2CCN(C)CC2)c1[C@@H](C)O. The van der Waals surface area contributed by atoms with Crippen molar-refractivity contribution < 1.29 is 9.84 Å². The second-order valence-corrected chi connectivity index (χ2v) is 5.71. The fraction of sp³-hybridized carbons (Fsp3) is 0.625. The molecule has 2 rings (SSSR count). The number of hydrogen-bond donors (Lipinski definition) is 1. The molecule has 0 saturated carbocycles. The molecule has 1 aliphatic rings. The third kappa shape index (κ3) is 3.07. The standard InChI is InChI=1S/C16H26N2O2/c1-12(19)16-14(6-5-7-15(16)20-4)18(3)13-8-10-17(2)11-9-13/h5-7,12-13,19H,8-11H2,1-4H3/t12-/m1/s1. The van der Waals surface area contributed by atoms with Gasteiger partial charge in [-0.3, -0.25) is 0 Å². The molecule has 112 valence electrons. The number of rotatable bonds is 4. The molecule has 1 heterocycles. The number of anilines is 1. The second kappa shape index (κ2) is 6.46. The van der Waals surface area contributed by atoms with Gasteiger partial charge in [-0.2, -0.15) is 0 Å². The van der Waals surface area contributed by atoms with E-state index in [2.05, 4.69) is 30.0 Å². The van der Waals surface area contributed by atoms with E-state index in [9.17, 15) is 5.11 Å². The summed E-state index contributed by atoms with van der Waals surface area (Å²) in [5.41, 5.74) is 1.96. The molecule has 0 unspecified atom stereocenters. The topological polar surface area (TPSA) is 35.9 Å². The zero-order valence-corrected chi connectivity index (χ0v) is 13.0. The second-order valence-electron chi connectivity index (χ2n) is 5.71. The lowest BCUT2D eigenvalue weighted by atomic mass is 10.00. The molecule has 0 aliphatic carbocycles. The van der Waals surface area contributed by atoms with Crippen LogP contribution in [0.15, 0.2) is 18.2 Å². The zero-order valence-electron chi connectivity index (χ0n) is 13.0. The Bertz CT molecular complexity index is 440. The van der Waals surface area contributed by atoms with E-state index in [0.717, 1.165) is 42.9 Å². The van der Waals surface area contributed by atoms with Crippen LogP contribution in [-0.2, 0) is 0 Å². The van der Waals surface area contributed by atoms with E-state index in [1.165, 1.54) is 0 Å². The molecule has 0 aromatic heterocycles. The first-order valence-corrected chi connectivity index (χ1v) is 7.31. The Balaban J connectivity index is 2.27. The zero-order chi connectivity index (χ0) is 14.7. The summed E-state index contributed by atoms with van der Waals surface area (Å²) in [6.45, 7) is 4.05. The van der Waals surface area contributed by atoms with Gasteiger partial charge in [0.1, 0.15) is 5.75 Å². The van der Waals surface area contributed by atoms with Gasteiger partial charge >= 0.3 is 0 Å². The number of hydrogen-bond acceptors (Lipinski definition) is 4. The molecule has 4 heteroatoms. The molecule has 1 atom stereocenters. The maximum atomic E-state index is 10.1. The van der Waals surface area contributed by atoms with Crippen molar-refractivity contribution in [2.75, 3.05) is 39.2 Å². The monoisotopic (exact) mass is 278 g/mol. The van der Waals surface area contributed by atoms with Crippen molar-refractivity contribution in [1.82, 2.24) is 4.90 Å². The summed E-state index contributed by atoms with van der Waals surface area (Å²) < 4.78 is 5.41. The molecule has 0 bridgehead atoms. The van der Waals surface area contributed by atoms with E-state index in [4.69, 9.17) is 4.74 Å². The highest BCUT2D eigenvalue weighted by atomic mass is 16.5. The molecule has 0 radical (unpaired) electrons. The lowest BCUT2D eigenvalue weighted by Crippen LogP contribution is -2.42. The van der Waals surface area contributed by atoms with Crippen LogP contribution in [0.25, 0.3) is 0 Å². The highest BCUT2D eigenvalue weighted by Crippen LogP contribution is 2.35. The summed E-state index contributed by atoms with van der Waals surface area (Å²) in [7, 11) is 5.94. The van der Waals surface area contributed by atoms with Crippen LogP contribution in [0.1, 0.15) is 31.4 Å². The van der Waals surface area contributed by atoms with Gasteiger partial charge in [0, 0.05) is 24.3 Å². The average molecular weight is 278 g/mol. The number of methoxy groups -OCH3 is 1. The maximum Gasteiger partial charge on any atom is 0.126 e. The van der Waals surface area contributed by atoms with Crippen molar-refractivity contribution in [1.29, 1.82) is 0 Å². The molecule has 1 saturated heterocycles. The third-order valence-electron chi connectivity index (χ3n) is 4.30. The molecule has 1 fully saturated rings. The Hall–Kier alpha value is -1.26. The summed E-state index contributed by atoms with van der Waals surface area (Å²) in [4.78, 5) is 4.67. The van der Waals surface area contributed by atoms with E-state index < -0.39 is 6.10 Å². The lowest BCUT2D eigenvalue weighted by molar-refractivity contribution is 0.194. The summed E-state index contributed by atoms with van der Waals surface area (Å²) in [6.07, 6.45) is 1.78. The maximum absolute atomic E-state index is 10.1. The van der Waals surface area contributed by atoms with E-state index in [1.54, 1.807) is 14.0 Å². The number of nitrogens with zero attached hydrogens (tertiary/aromatic N) is 2. The molecular formula is C16H26N2O2. The molecular weight excluding hydrogens is 252 g/mol. The Morgan fingerprint density at radius 1 is 1.35 bits per heavy atom. The van der Waals surface area contributed by atoms with Gasteiger partial charge in [-0.25, -0.2) is 0 Å². The van der Waals surface area contributed by atoms with Crippen LogP contribution in [0.5, 0.6) is 5.75 Å². The largest absolute Gasteiger partial charge is 0.496 e. The molecule has 4 nitrogen and oxygen atoms in total. The van der Waals surface area contributed by atoms with Crippen molar-refractivity contribution in [2.24, 2.45) is 0 Å². The van der Waals surface area contributed by atoms with Crippen LogP contribution in [0.2, 0.25) is 0 Å². The first kappa shape index (κ1) is 15.1. The smallest absolute Gasteiger partial charge is 0.126 e. The number of piperidine rings is 1. The molecule has 1 aromatic rings. The minimum Gasteiger partial charge on any atom is -0.496 e. The summed E-state index contributed by atoms with van der Waals surface area (Å²) in [6, 6.07) is 6.50. The Morgan fingerprint density at radius 3 is 2.55 bits per heavy atom. The van der Waals surface area contributed by atoms with Crippen LogP contribution in [0.3, 0.4) is 0 Å².